The smallest absolute Gasteiger partial charge is 0.324 e. The van der Waals surface area contributed by atoms with E-state index in [-0.39, 0.29) is 18.5 Å². The number of carbonyl (C=O) groups excluding carboxylic acids is 2. The Labute approximate surface area is 120 Å². The topological polar surface area (TPSA) is 93.0 Å². The number of rotatable bonds is 3. The highest BCUT2D eigenvalue weighted by molar-refractivity contribution is 5.95. The van der Waals surface area contributed by atoms with Crippen molar-refractivity contribution in [1.29, 1.82) is 0 Å². The predicted octanol–water partition coefficient (Wildman–Crippen LogP) is 0.200. The number of aromatic nitrogens is 4. The monoisotopic (exact) mass is 286 g/mol. The van der Waals surface area contributed by atoms with E-state index in [1.165, 1.54) is 4.80 Å². The maximum atomic E-state index is 12.0. The Morgan fingerprint density at radius 1 is 1.38 bits per heavy atom. The summed E-state index contributed by atoms with van der Waals surface area (Å²) in [4.78, 5) is 25.7. The SMILES string of the molecule is Cc1ccccc1-c1nnn(CC(=O)N2CCNC2=O)n1. The number of nitrogens with one attached hydrogen (secondary N) is 1. The number of imide groups is 1. The van der Waals surface area contributed by atoms with Gasteiger partial charge in [-0.25, -0.2) is 4.79 Å². The molecule has 0 saturated carbocycles. The summed E-state index contributed by atoms with van der Waals surface area (Å²) in [7, 11) is 0. The van der Waals surface area contributed by atoms with E-state index in [4.69, 9.17) is 0 Å². The normalized spacial score (nSPS) is 14.3. The molecule has 1 aromatic heterocycles. The predicted molar refractivity (Wildman–Crippen MR) is 73.1 cm³/mol. The summed E-state index contributed by atoms with van der Waals surface area (Å²) in [5, 5.41) is 14.6. The van der Waals surface area contributed by atoms with Gasteiger partial charge in [0.25, 0.3) is 5.91 Å². The summed E-state index contributed by atoms with van der Waals surface area (Å²) in [6.45, 7) is 2.70. The maximum Gasteiger partial charge on any atom is 0.324 e. The molecule has 2 aromatic rings. The number of hydrogen-bond acceptors (Lipinski definition) is 5. The van der Waals surface area contributed by atoms with Crippen LogP contribution in [0.4, 0.5) is 4.79 Å². The lowest BCUT2D eigenvalue weighted by atomic mass is 10.1. The lowest BCUT2D eigenvalue weighted by Crippen LogP contribution is -2.37. The van der Waals surface area contributed by atoms with E-state index in [1.807, 2.05) is 31.2 Å². The molecule has 0 atom stereocenters. The molecule has 1 aromatic carbocycles. The van der Waals surface area contributed by atoms with Gasteiger partial charge in [0.05, 0.1) is 0 Å². The third-order valence-electron chi connectivity index (χ3n) is 3.27. The fourth-order valence-corrected chi connectivity index (χ4v) is 2.16. The van der Waals surface area contributed by atoms with Crippen LogP contribution in [0.5, 0.6) is 0 Å². The first-order chi connectivity index (χ1) is 10.1. The van der Waals surface area contributed by atoms with E-state index in [9.17, 15) is 9.59 Å². The Hall–Kier alpha value is -2.77. The van der Waals surface area contributed by atoms with Gasteiger partial charge in [-0.3, -0.25) is 9.69 Å². The fraction of sp³-hybridized carbons (Fsp3) is 0.308. The molecule has 1 aliphatic heterocycles. The lowest BCUT2D eigenvalue weighted by Gasteiger charge is -2.10. The minimum atomic E-state index is -0.376. The van der Waals surface area contributed by atoms with Gasteiger partial charge < -0.3 is 5.32 Å². The van der Waals surface area contributed by atoms with Gasteiger partial charge in [0.15, 0.2) is 0 Å². The van der Waals surface area contributed by atoms with Crippen molar-refractivity contribution in [3.8, 4) is 11.4 Å². The lowest BCUT2D eigenvalue weighted by molar-refractivity contribution is -0.128. The highest BCUT2D eigenvalue weighted by atomic mass is 16.2. The summed E-state index contributed by atoms with van der Waals surface area (Å²) in [6, 6.07) is 7.29. The summed E-state index contributed by atoms with van der Waals surface area (Å²) in [6.07, 6.45) is 0. The molecule has 0 aliphatic carbocycles. The highest BCUT2D eigenvalue weighted by Crippen LogP contribution is 2.17. The van der Waals surface area contributed by atoms with E-state index in [0.29, 0.717) is 18.9 Å². The van der Waals surface area contributed by atoms with Crippen LogP contribution in [0, 0.1) is 6.92 Å². The Balaban J connectivity index is 1.75. The quantitative estimate of drug-likeness (QED) is 0.870. The number of tetrazole rings is 1. The third-order valence-corrected chi connectivity index (χ3v) is 3.27. The summed E-state index contributed by atoms with van der Waals surface area (Å²) >= 11 is 0. The summed E-state index contributed by atoms with van der Waals surface area (Å²) in [5.41, 5.74) is 1.90. The van der Waals surface area contributed by atoms with Crippen LogP contribution in [0.2, 0.25) is 0 Å². The Kier molecular flexibility index (Phi) is 3.35. The largest absolute Gasteiger partial charge is 0.336 e. The average molecular weight is 286 g/mol. The Morgan fingerprint density at radius 2 is 2.19 bits per heavy atom. The fourth-order valence-electron chi connectivity index (χ4n) is 2.16. The number of hydrogen-bond donors (Lipinski definition) is 1. The van der Waals surface area contributed by atoms with Crippen molar-refractivity contribution in [3.05, 3.63) is 29.8 Å². The molecule has 1 aliphatic rings. The number of nitrogens with zero attached hydrogens (tertiary/aromatic N) is 5. The molecule has 1 fully saturated rings. The van der Waals surface area contributed by atoms with Gasteiger partial charge in [0.1, 0.15) is 6.54 Å². The van der Waals surface area contributed by atoms with E-state index < -0.39 is 0 Å². The van der Waals surface area contributed by atoms with Crippen LogP contribution in [0.15, 0.2) is 24.3 Å². The van der Waals surface area contributed by atoms with Crippen molar-refractivity contribution in [1.82, 2.24) is 30.4 Å². The first-order valence-electron chi connectivity index (χ1n) is 6.57. The minimum Gasteiger partial charge on any atom is -0.336 e. The van der Waals surface area contributed by atoms with Gasteiger partial charge in [0, 0.05) is 18.7 Å². The molecule has 0 radical (unpaired) electrons. The molecule has 2 heterocycles. The molecule has 8 nitrogen and oxygen atoms in total. The average Bonchev–Trinajstić information content (AvgIpc) is 3.08. The van der Waals surface area contributed by atoms with Crippen LogP contribution in [0.1, 0.15) is 5.56 Å². The molecule has 8 heteroatoms. The van der Waals surface area contributed by atoms with Crippen molar-refractivity contribution in [2.75, 3.05) is 13.1 Å². The van der Waals surface area contributed by atoms with Crippen LogP contribution < -0.4 is 5.32 Å². The van der Waals surface area contributed by atoms with E-state index in [0.717, 1.165) is 16.0 Å². The van der Waals surface area contributed by atoms with Gasteiger partial charge in [-0.2, -0.15) is 4.80 Å². The molecular formula is C13H14N6O2. The zero-order chi connectivity index (χ0) is 14.8. The zero-order valence-corrected chi connectivity index (χ0v) is 11.5. The van der Waals surface area contributed by atoms with E-state index >= 15 is 0 Å². The summed E-state index contributed by atoms with van der Waals surface area (Å²) < 4.78 is 0. The molecule has 108 valence electrons. The van der Waals surface area contributed by atoms with Crippen molar-refractivity contribution in [2.24, 2.45) is 0 Å². The number of benzene rings is 1. The third kappa shape index (κ3) is 2.60. The van der Waals surface area contributed by atoms with Gasteiger partial charge in [-0.05, 0) is 17.7 Å². The molecular weight excluding hydrogens is 272 g/mol. The second kappa shape index (κ2) is 5.31. The van der Waals surface area contributed by atoms with Crippen LogP contribution in [0.25, 0.3) is 11.4 Å². The van der Waals surface area contributed by atoms with Gasteiger partial charge >= 0.3 is 6.03 Å². The first-order valence-corrected chi connectivity index (χ1v) is 6.57. The number of urea groups is 1. The molecule has 0 bridgehead atoms. The number of amides is 3. The number of aryl methyl sites for hydroxylation is 1. The molecule has 3 amide bonds. The van der Waals surface area contributed by atoms with Crippen molar-refractivity contribution >= 4 is 11.9 Å². The van der Waals surface area contributed by atoms with Gasteiger partial charge in [-0.1, -0.05) is 24.3 Å². The van der Waals surface area contributed by atoms with Crippen molar-refractivity contribution < 1.29 is 9.59 Å². The Bertz CT molecular complexity index is 695. The zero-order valence-electron chi connectivity index (χ0n) is 11.5. The van der Waals surface area contributed by atoms with Crippen LogP contribution in [-0.4, -0.2) is 50.1 Å². The van der Waals surface area contributed by atoms with E-state index in [2.05, 4.69) is 20.7 Å². The minimum absolute atomic E-state index is 0.105. The van der Waals surface area contributed by atoms with Crippen LogP contribution >= 0.6 is 0 Å². The van der Waals surface area contributed by atoms with Crippen molar-refractivity contribution in [2.45, 2.75) is 13.5 Å². The number of carbonyl (C=O) groups is 2. The van der Waals surface area contributed by atoms with Crippen LogP contribution in [-0.2, 0) is 11.3 Å². The molecule has 21 heavy (non-hydrogen) atoms. The Morgan fingerprint density at radius 3 is 2.90 bits per heavy atom. The van der Waals surface area contributed by atoms with E-state index in [1.54, 1.807) is 0 Å². The van der Waals surface area contributed by atoms with Gasteiger partial charge in [0.2, 0.25) is 5.82 Å². The highest BCUT2D eigenvalue weighted by Gasteiger charge is 2.26. The second-order valence-electron chi connectivity index (χ2n) is 4.74. The molecule has 0 unspecified atom stereocenters. The molecule has 3 rings (SSSR count). The standard InChI is InChI=1S/C13H14N6O2/c1-9-4-2-3-5-10(9)12-15-17-19(16-12)8-11(20)18-7-6-14-13(18)21/h2-5H,6-8H2,1H3,(H,14,21). The maximum absolute atomic E-state index is 12.0. The van der Waals surface area contributed by atoms with Crippen molar-refractivity contribution in [3.63, 3.8) is 0 Å². The van der Waals surface area contributed by atoms with Crippen LogP contribution in [0.3, 0.4) is 0 Å². The molecule has 1 N–H and O–H groups in total. The van der Waals surface area contributed by atoms with Gasteiger partial charge in [-0.15, -0.1) is 10.2 Å². The first kappa shape index (κ1) is 13.2. The summed E-state index contributed by atoms with van der Waals surface area (Å²) in [5.74, 6) is 0.116. The molecule has 1 saturated heterocycles. The second-order valence-corrected chi connectivity index (χ2v) is 4.74. The molecule has 0 spiro atoms.